The molecule has 0 unspecified atom stereocenters. The van der Waals surface area contributed by atoms with Gasteiger partial charge in [0.05, 0.1) is 20.3 Å². The SMILES string of the molecule is O=C(O)c1cc(OC(F)(F)F)c2nc(N3[C@@H]4CC[C@H]3C[C@H](OC(=O)c3c(-c5c(Cl)cccc5Cl)noc3C3CC3)C4)sc2c1. The van der Waals surface area contributed by atoms with Crippen molar-refractivity contribution >= 4 is 61.8 Å². The van der Waals surface area contributed by atoms with Crippen molar-refractivity contribution < 1.29 is 41.9 Å². The number of alkyl halides is 3. The summed E-state index contributed by atoms with van der Waals surface area (Å²) < 4.78 is 55.4. The molecule has 0 amide bonds. The molecule has 2 aliphatic heterocycles. The van der Waals surface area contributed by atoms with Crippen LogP contribution in [0.5, 0.6) is 5.75 Å². The first-order chi connectivity index (χ1) is 21.0. The van der Waals surface area contributed by atoms with Gasteiger partial charge in [0.2, 0.25) is 0 Å². The molecule has 1 N–H and O–H groups in total. The van der Waals surface area contributed by atoms with Gasteiger partial charge in [-0.2, -0.15) is 0 Å². The molecule has 7 rings (SSSR count). The van der Waals surface area contributed by atoms with Gasteiger partial charge >= 0.3 is 18.3 Å². The summed E-state index contributed by atoms with van der Waals surface area (Å²) in [5.74, 6) is -2.11. The van der Waals surface area contributed by atoms with Crippen LogP contribution in [0.25, 0.3) is 21.5 Å². The molecule has 2 aromatic heterocycles. The minimum absolute atomic E-state index is 0.0602. The van der Waals surface area contributed by atoms with Crippen molar-refractivity contribution in [2.45, 2.75) is 69.0 Å². The lowest BCUT2D eigenvalue weighted by molar-refractivity contribution is -0.274. The van der Waals surface area contributed by atoms with Crippen molar-refractivity contribution in [3.8, 4) is 17.0 Å². The Kier molecular flexibility index (Phi) is 7.17. The summed E-state index contributed by atoms with van der Waals surface area (Å²) in [6.07, 6.45) is -1.27. The van der Waals surface area contributed by atoms with Gasteiger partial charge < -0.3 is 24.0 Å². The van der Waals surface area contributed by atoms with Gasteiger partial charge in [0.25, 0.3) is 0 Å². The fourth-order valence-electron chi connectivity index (χ4n) is 6.19. The third-order valence-electron chi connectivity index (χ3n) is 8.18. The van der Waals surface area contributed by atoms with E-state index in [-0.39, 0.29) is 45.0 Å². The lowest BCUT2D eigenvalue weighted by atomic mass is 9.99. The van der Waals surface area contributed by atoms with Crippen LogP contribution in [-0.2, 0) is 4.74 Å². The number of nitrogens with zero attached hydrogens (tertiary/aromatic N) is 3. The van der Waals surface area contributed by atoms with Crippen molar-refractivity contribution in [1.82, 2.24) is 10.1 Å². The Balaban J connectivity index is 1.14. The van der Waals surface area contributed by atoms with Gasteiger partial charge in [-0.25, -0.2) is 14.6 Å². The van der Waals surface area contributed by atoms with E-state index in [1.165, 1.54) is 6.07 Å². The van der Waals surface area contributed by atoms with Gasteiger partial charge in [-0.1, -0.05) is 45.8 Å². The zero-order valence-electron chi connectivity index (χ0n) is 22.6. The number of carbonyl (C=O) groups is 2. The molecule has 44 heavy (non-hydrogen) atoms. The molecule has 15 heteroatoms. The summed E-state index contributed by atoms with van der Waals surface area (Å²) in [7, 11) is 0. The van der Waals surface area contributed by atoms with Crippen LogP contribution in [0.15, 0.2) is 34.9 Å². The Labute approximate surface area is 261 Å². The second-order valence-corrected chi connectivity index (χ2v) is 12.9. The predicted octanol–water partition coefficient (Wildman–Crippen LogP) is 8.09. The number of hydrogen-bond donors (Lipinski definition) is 1. The van der Waals surface area contributed by atoms with E-state index >= 15 is 0 Å². The van der Waals surface area contributed by atoms with Crippen LogP contribution in [0.4, 0.5) is 18.3 Å². The van der Waals surface area contributed by atoms with Gasteiger partial charge in [0, 0.05) is 36.4 Å². The molecule has 3 fully saturated rings. The summed E-state index contributed by atoms with van der Waals surface area (Å²) in [4.78, 5) is 31.8. The van der Waals surface area contributed by atoms with Gasteiger partial charge in [0.15, 0.2) is 16.6 Å². The second kappa shape index (κ2) is 10.8. The average Bonchev–Trinajstić information content (AvgIpc) is 3.44. The molecular formula is C29H22Cl2F3N3O6S. The molecule has 9 nitrogen and oxygen atoms in total. The molecular weight excluding hydrogens is 646 g/mol. The molecule has 2 aromatic carbocycles. The summed E-state index contributed by atoms with van der Waals surface area (Å²) in [6, 6.07) is 6.92. The first kappa shape index (κ1) is 29.2. The lowest BCUT2D eigenvalue weighted by Gasteiger charge is -2.38. The Hall–Kier alpha value is -3.55. The van der Waals surface area contributed by atoms with Crippen molar-refractivity contribution in [2.75, 3.05) is 4.90 Å². The summed E-state index contributed by atoms with van der Waals surface area (Å²) >= 11 is 14.0. The number of halogens is 5. The number of aromatic nitrogens is 2. The number of carbonyl (C=O) groups excluding carboxylic acids is 1. The van der Waals surface area contributed by atoms with Crippen molar-refractivity contribution in [3.05, 3.63) is 57.3 Å². The average molecular weight is 668 g/mol. The van der Waals surface area contributed by atoms with E-state index in [0.29, 0.717) is 39.3 Å². The maximum atomic E-state index is 13.7. The molecule has 4 heterocycles. The Morgan fingerprint density at radius 3 is 2.36 bits per heavy atom. The zero-order valence-corrected chi connectivity index (χ0v) is 24.9. The summed E-state index contributed by atoms with van der Waals surface area (Å²) in [5.41, 5.74) is 0.447. The quantitative estimate of drug-likeness (QED) is 0.195. The van der Waals surface area contributed by atoms with Crippen LogP contribution < -0.4 is 9.64 Å². The maximum Gasteiger partial charge on any atom is 0.573 e. The standard InChI is InChI=1S/C29H22Cl2F3N3O6S/c30-17-2-1-3-18(31)21(17)24-22(25(43-36-24)12-4-5-12)27(40)41-16-10-14-6-7-15(11-16)37(14)28-35-23-19(42-29(32,33)34)8-13(26(38)39)9-20(23)44-28/h1-3,8-9,12,14-16H,4-7,10-11H2,(H,38,39)/t14-,15+,16-. The van der Waals surface area contributed by atoms with E-state index in [4.69, 9.17) is 32.5 Å². The maximum absolute atomic E-state index is 13.7. The van der Waals surface area contributed by atoms with Gasteiger partial charge in [-0.15, -0.1) is 13.2 Å². The molecule has 0 spiro atoms. The lowest BCUT2D eigenvalue weighted by Crippen LogP contribution is -2.46. The highest BCUT2D eigenvalue weighted by atomic mass is 35.5. The van der Waals surface area contributed by atoms with E-state index < -0.39 is 30.2 Å². The van der Waals surface area contributed by atoms with Crippen LogP contribution in [0.3, 0.4) is 0 Å². The minimum atomic E-state index is -5.02. The van der Waals surface area contributed by atoms with Crippen molar-refractivity contribution in [1.29, 1.82) is 0 Å². The second-order valence-electron chi connectivity index (χ2n) is 11.1. The normalized spacial score (nSPS) is 21.6. The molecule has 3 aliphatic rings. The van der Waals surface area contributed by atoms with E-state index in [2.05, 4.69) is 14.9 Å². The largest absolute Gasteiger partial charge is 0.573 e. The summed E-state index contributed by atoms with van der Waals surface area (Å²) in [6.45, 7) is 0. The number of benzene rings is 2. The highest BCUT2D eigenvalue weighted by Crippen LogP contribution is 2.48. The number of anilines is 1. The van der Waals surface area contributed by atoms with E-state index in [0.717, 1.165) is 43.1 Å². The van der Waals surface area contributed by atoms with Gasteiger partial charge in [0.1, 0.15) is 22.9 Å². The molecule has 0 radical (unpaired) electrons. The number of fused-ring (bicyclic) bond motifs is 3. The number of hydrogen-bond acceptors (Lipinski definition) is 9. The molecule has 1 aliphatic carbocycles. The van der Waals surface area contributed by atoms with Crippen LogP contribution in [0, 0.1) is 0 Å². The monoisotopic (exact) mass is 667 g/mol. The molecule has 1 saturated carbocycles. The number of carboxylic acid groups (broad SMARTS) is 1. The minimum Gasteiger partial charge on any atom is -0.478 e. The van der Waals surface area contributed by atoms with Gasteiger partial charge in [-0.3, -0.25) is 0 Å². The van der Waals surface area contributed by atoms with E-state index in [1.54, 1.807) is 18.2 Å². The third kappa shape index (κ3) is 5.34. The first-order valence-corrected chi connectivity index (χ1v) is 15.4. The number of rotatable bonds is 7. The molecule has 3 atom stereocenters. The molecule has 4 aromatic rings. The number of ether oxygens (including phenoxy) is 2. The number of piperidine rings is 1. The first-order valence-electron chi connectivity index (χ1n) is 13.8. The van der Waals surface area contributed by atoms with E-state index in [1.807, 2.05) is 4.90 Å². The smallest absolute Gasteiger partial charge is 0.478 e. The Bertz CT molecular complexity index is 1770. The topological polar surface area (TPSA) is 115 Å². The Morgan fingerprint density at radius 2 is 1.75 bits per heavy atom. The number of thiazole rings is 1. The van der Waals surface area contributed by atoms with Crippen LogP contribution in [0.2, 0.25) is 10.0 Å². The fourth-order valence-corrected chi connectivity index (χ4v) is 7.93. The summed E-state index contributed by atoms with van der Waals surface area (Å²) in [5, 5.41) is 14.7. The number of aromatic carboxylic acids is 1. The van der Waals surface area contributed by atoms with Crippen molar-refractivity contribution in [3.63, 3.8) is 0 Å². The number of esters is 1. The van der Waals surface area contributed by atoms with E-state index in [9.17, 15) is 27.9 Å². The molecule has 230 valence electrons. The highest BCUT2D eigenvalue weighted by molar-refractivity contribution is 7.22. The zero-order chi connectivity index (χ0) is 30.9. The van der Waals surface area contributed by atoms with Crippen LogP contribution in [0.1, 0.15) is 70.9 Å². The van der Waals surface area contributed by atoms with Crippen molar-refractivity contribution in [2.24, 2.45) is 0 Å². The number of carboxylic acids is 1. The fraction of sp³-hybridized carbons (Fsp3) is 0.379. The van der Waals surface area contributed by atoms with Crippen LogP contribution >= 0.6 is 34.5 Å². The molecule has 2 saturated heterocycles. The third-order valence-corrected chi connectivity index (χ3v) is 9.82. The molecule has 2 bridgehead atoms. The highest BCUT2D eigenvalue weighted by Gasteiger charge is 2.45. The van der Waals surface area contributed by atoms with Gasteiger partial charge in [-0.05, 0) is 49.9 Å². The predicted molar refractivity (Wildman–Crippen MR) is 155 cm³/mol. The Morgan fingerprint density at radius 1 is 1.07 bits per heavy atom. The van der Waals surface area contributed by atoms with Crippen LogP contribution in [-0.4, -0.2) is 51.7 Å².